The third-order valence-corrected chi connectivity index (χ3v) is 4.59. The van der Waals surface area contributed by atoms with Crippen LogP contribution >= 0.6 is 11.9 Å². The van der Waals surface area contributed by atoms with Gasteiger partial charge in [0.25, 0.3) is 0 Å². The van der Waals surface area contributed by atoms with Crippen molar-refractivity contribution in [3.8, 4) is 0 Å². The summed E-state index contributed by atoms with van der Waals surface area (Å²) < 4.78 is 2.32. The zero-order valence-electron chi connectivity index (χ0n) is 13.6. The second kappa shape index (κ2) is 14.2. The topological polar surface area (TPSA) is 15.6 Å². The van der Waals surface area contributed by atoms with Crippen LogP contribution in [-0.2, 0) is 0 Å². The van der Waals surface area contributed by atoms with Crippen LogP contribution in [0.4, 0.5) is 0 Å². The van der Waals surface area contributed by atoms with Gasteiger partial charge >= 0.3 is 0 Å². The highest BCUT2D eigenvalue weighted by atomic mass is 32.2. The van der Waals surface area contributed by atoms with Crippen molar-refractivity contribution in [2.24, 2.45) is 4.99 Å². The lowest BCUT2D eigenvalue weighted by molar-refractivity contribution is 0.585. The molecule has 0 aliphatic rings. The molecule has 0 rings (SSSR count). The van der Waals surface area contributed by atoms with Crippen molar-refractivity contribution in [1.82, 2.24) is 4.31 Å². The van der Waals surface area contributed by atoms with Crippen LogP contribution in [0.1, 0.15) is 79.1 Å². The first-order chi connectivity index (χ1) is 9.26. The highest BCUT2D eigenvalue weighted by molar-refractivity contribution is 7.97. The summed E-state index contributed by atoms with van der Waals surface area (Å²) in [6.07, 6.45) is 11.2. The Kier molecular flexibility index (Phi) is 14.1. The van der Waals surface area contributed by atoms with E-state index in [1.807, 2.05) is 11.9 Å². The summed E-state index contributed by atoms with van der Waals surface area (Å²) in [7, 11) is 0. The first-order valence-electron chi connectivity index (χ1n) is 8.17. The minimum absolute atomic E-state index is 0.890. The number of unbranched alkanes of at least 4 members (excludes halogenated alkanes) is 7. The fourth-order valence-corrected chi connectivity index (χ4v) is 3.11. The molecule has 0 aromatic rings. The van der Waals surface area contributed by atoms with E-state index in [2.05, 4.69) is 37.0 Å². The predicted molar refractivity (Wildman–Crippen MR) is 91.1 cm³/mol. The lowest BCUT2D eigenvalue weighted by atomic mass is 10.1. The Morgan fingerprint density at radius 1 is 0.895 bits per heavy atom. The monoisotopic (exact) mass is 286 g/mol. The van der Waals surface area contributed by atoms with Crippen LogP contribution in [0.3, 0.4) is 0 Å². The third-order valence-electron chi connectivity index (χ3n) is 3.28. The molecule has 114 valence electrons. The lowest BCUT2D eigenvalue weighted by Crippen LogP contribution is -2.22. The van der Waals surface area contributed by atoms with Gasteiger partial charge in [0, 0.05) is 18.8 Å². The van der Waals surface area contributed by atoms with Gasteiger partial charge in [-0.05, 0) is 39.1 Å². The van der Waals surface area contributed by atoms with E-state index < -0.39 is 0 Å². The Morgan fingerprint density at radius 2 is 1.47 bits per heavy atom. The quantitative estimate of drug-likeness (QED) is 0.203. The Morgan fingerprint density at radius 3 is 2.00 bits per heavy atom. The van der Waals surface area contributed by atoms with E-state index in [0.717, 1.165) is 13.1 Å². The Hall–Kier alpha value is -0.180. The van der Waals surface area contributed by atoms with E-state index in [1.54, 1.807) is 0 Å². The largest absolute Gasteiger partial charge is 0.305 e. The molecule has 0 fully saturated rings. The van der Waals surface area contributed by atoms with Gasteiger partial charge in [-0.1, -0.05) is 51.9 Å². The molecule has 0 saturated heterocycles. The van der Waals surface area contributed by atoms with Gasteiger partial charge in [0.2, 0.25) is 0 Å². The second-order valence-corrected chi connectivity index (χ2v) is 6.13. The summed E-state index contributed by atoms with van der Waals surface area (Å²) in [6, 6.07) is 0. The Balaban J connectivity index is 3.44. The standard InChI is InChI=1S/C16H34N2S/c1-5-8-9-10-11-12-13-14-15-19-18(7-3)16(4)17-6-2/h5-15H2,1-4H3. The lowest BCUT2D eigenvalue weighted by Gasteiger charge is -2.20. The van der Waals surface area contributed by atoms with Gasteiger partial charge in [-0.15, -0.1) is 0 Å². The fourth-order valence-electron chi connectivity index (χ4n) is 2.13. The number of rotatable bonds is 12. The molecule has 0 unspecified atom stereocenters. The summed E-state index contributed by atoms with van der Waals surface area (Å²) in [4.78, 5) is 4.47. The molecule has 2 nitrogen and oxygen atoms in total. The van der Waals surface area contributed by atoms with Crippen molar-refractivity contribution >= 4 is 17.8 Å². The smallest absolute Gasteiger partial charge is 0.106 e. The molecule has 0 saturated carbocycles. The molecular weight excluding hydrogens is 252 g/mol. The third kappa shape index (κ3) is 11.4. The molecule has 0 amide bonds. The minimum atomic E-state index is 0.890. The van der Waals surface area contributed by atoms with Crippen molar-refractivity contribution < 1.29 is 0 Å². The summed E-state index contributed by atoms with van der Waals surface area (Å²) in [5, 5.41) is 0. The van der Waals surface area contributed by atoms with E-state index in [0.29, 0.717) is 0 Å². The second-order valence-electron chi connectivity index (χ2n) is 5.02. The number of aliphatic imine (C=N–C) groups is 1. The zero-order valence-corrected chi connectivity index (χ0v) is 14.4. The maximum Gasteiger partial charge on any atom is 0.106 e. The van der Waals surface area contributed by atoms with Gasteiger partial charge in [-0.3, -0.25) is 4.99 Å². The average Bonchev–Trinajstić information content (AvgIpc) is 2.41. The molecule has 0 aromatic heterocycles. The van der Waals surface area contributed by atoms with Gasteiger partial charge in [0.1, 0.15) is 5.84 Å². The Labute approximate surface area is 125 Å². The van der Waals surface area contributed by atoms with Crippen LogP contribution < -0.4 is 0 Å². The maximum atomic E-state index is 4.47. The molecule has 0 bridgehead atoms. The van der Waals surface area contributed by atoms with Crippen LogP contribution in [-0.4, -0.2) is 29.0 Å². The van der Waals surface area contributed by atoms with Crippen LogP contribution in [0.2, 0.25) is 0 Å². The number of nitrogens with zero attached hydrogens (tertiary/aromatic N) is 2. The highest BCUT2D eigenvalue weighted by Crippen LogP contribution is 2.15. The van der Waals surface area contributed by atoms with Crippen molar-refractivity contribution in [1.29, 1.82) is 0 Å². The molecule has 0 radical (unpaired) electrons. The van der Waals surface area contributed by atoms with Gasteiger partial charge in [0.05, 0.1) is 0 Å². The van der Waals surface area contributed by atoms with Crippen LogP contribution in [0, 0.1) is 0 Å². The fraction of sp³-hybridized carbons (Fsp3) is 0.938. The molecule has 0 aliphatic heterocycles. The molecule has 3 heteroatoms. The van der Waals surface area contributed by atoms with E-state index in [4.69, 9.17) is 0 Å². The van der Waals surface area contributed by atoms with Crippen LogP contribution in [0.5, 0.6) is 0 Å². The molecule has 0 atom stereocenters. The SMILES string of the molecule is CCCCCCCCCCSN(CC)C(C)=NCC. The molecular formula is C16H34N2S. The minimum Gasteiger partial charge on any atom is -0.305 e. The van der Waals surface area contributed by atoms with Crippen molar-refractivity contribution in [3.05, 3.63) is 0 Å². The molecule has 0 heterocycles. The first kappa shape index (κ1) is 18.8. The van der Waals surface area contributed by atoms with E-state index in [1.165, 1.54) is 63.0 Å². The molecule has 0 aliphatic carbocycles. The molecule has 0 N–H and O–H groups in total. The number of hydrogen-bond donors (Lipinski definition) is 0. The van der Waals surface area contributed by atoms with E-state index >= 15 is 0 Å². The zero-order chi connectivity index (χ0) is 14.3. The molecule has 0 aromatic carbocycles. The van der Waals surface area contributed by atoms with Crippen LogP contribution in [0.15, 0.2) is 4.99 Å². The van der Waals surface area contributed by atoms with Gasteiger partial charge in [0.15, 0.2) is 0 Å². The maximum absolute atomic E-state index is 4.47. The molecule has 0 spiro atoms. The summed E-state index contributed by atoms with van der Waals surface area (Å²) in [5.74, 6) is 2.41. The van der Waals surface area contributed by atoms with Crippen molar-refractivity contribution in [3.63, 3.8) is 0 Å². The summed E-state index contributed by atoms with van der Waals surface area (Å²) >= 11 is 1.94. The van der Waals surface area contributed by atoms with Crippen LogP contribution in [0.25, 0.3) is 0 Å². The van der Waals surface area contributed by atoms with Gasteiger partial charge in [-0.25, -0.2) is 0 Å². The van der Waals surface area contributed by atoms with E-state index in [-0.39, 0.29) is 0 Å². The predicted octanol–water partition coefficient (Wildman–Crippen LogP) is 5.54. The van der Waals surface area contributed by atoms with Gasteiger partial charge < -0.3 is 4.31 Å². The average molecular weight is 287 g/mol. The molecule has 19 heavy (non-hydrogen) atoms. The van der Waals surface area contributed by atoms with Crippen molar-refractivity contribution in [2.75, 3.05) is 18.8 Å². The number of hydrogen-bond acceptors (Lipinski definition) is 2. The summed E-state index contributed by atoms with van der Waals surface area (Å²) in [5.41, 5.74) is 0. The first-order valence-corrected chi connectivity index (χ1v) is 9.11. The highest BCUT2D eigenvalue weighted by Gasteiger charge is 2.04. The van der Waals surface area contributed by atoms with E-state index in [9.17, 15) is 0 Å². The number of amidine groups is 1. The van der Waals surface area contributed by atoms with Crippen molar-refractivity contribution in [2.45, 2.75) is 79.1 Å². The van der Waals surface area contributed by atoms with Gasteiger partial charge in [-0.2, -0.15) is 0 Å². The summed E-state index contributed by atoms with van der Waals surface area (Å²) in [6.45, 7) is 10.6. The Bertz CT molecular complexity index is 217. The normalized spacial score (nSPS) is 11.9.